The predicted octanol–water partition coefficient (Wildman–Crippen LogP) is 3.18. The molecule has 6 rings (SSSR count). The van der Waals surface area contributed by atoms with E-state index in [4.69, 9.17) is 4.74 Å². The van der Waals surface area contributed by atoms with E-state index in [1.807, 2.05) is 4.90 Å². The lowest BCUT2D eigenvalue weighted by atomic mass is 9.83. The number of ether oxygens (including phenoxy) is 1. The number of alkyl halides is 3. The van der Waals surface area contributed by atoms with Crippen LogP contribution >= 0.6 is 0 Å². The van der Waals surface area contributed by atoms with Crippen LogP contribution < -0.4 is 4.90 Å². The number of morpholine rings is 1. The van der Waals surface area contributed by atoms with Crippen LogP contribution in [0.3, 0.4) is 0 Å². The van der Waals surface area contributed by atoms with E-state index in [1.54, 1.807) is 37.9 Å². The van der Waals surface area contributed by atoms with Crippen molar-refractivity contribution < 1.29 is 27.8 Å². The number of hydrogen-bond acceptors (Lipinski definition) is 8. The zero-order valence-electron chi connectivity index (χ0n) is 23.0. The molecular weight excluding hydrogens is 541 g/mol. The number of aromatic nitrogens is 6. The maximum absolute atomic E-state index is 14.2. The van der Waals surface area contributed by atoms with Crippen molar-refractivity contribution in [1.82, 2.24) is 34.0 Å². The lowest BCUT2D eigenvalue weighted by Gasteiger charge is -2.37. The smallest absolute Gasteiger partial charge is 0.390 e. The molecule has 0 unspecified atom stereocenters. The number of halogens is 3. The molecule has 1 amide bonds. The molecule has 0 saturated carbocycles. The molecule has 0 aliphatic carbocycles. The number of imidazole rings is 2. The molecule has 0 bridgehead atoms. The van der Waals surface area contributed by atoms with Gasteiger partial charge in [0.25, 0.3) is 5.91 Å². The average Bonchev–Trinajstić information content (AvgIpc) is 3.51. The minimum atomic E-state index is -4.76. The van der Waals surface area contributed by atoms with Crippen LogP contribution in [0.5, 0.6) is 0 Å². The molecular formula is C27H31F3N8O3. The third-order valence-electron chi connectivity index (χ3n) is 7.99. The number of piperidine rings is 1. The van der Waals surface area contributed by atoms with Gasteiger partial charge in [0.2, 0.25) is 17.6 Å². The molecule has 1 aromatic carbocycles. The second-order valence-corrected chi connectivity index (χ2v) is 11.1. The first-order valence-electron chi connectivity index (χ1n) is 13.6. The Labute approximate surface area is 233 Å². The number of benzene rings is 1. The summed E-state index contributed by atoms with van der Waals surface area (Å²) in [6.45, 7) is 6.20. The molecule has 2 aliphatic heterocycles. The molecule has 1 N–H and O–H groups in total. The Morgan fingerprint density at radius 2 is 1.68 bits per heavy atom. The van der Waals surface area contributed by atoms with Crippen LogP contribution in [0, 0.1) is 5.92 Å². The van der Waals surface area contributed by atoms with Gasteiger partial charge in [-0.05, 0) is 44.7 Å². The highest BCUT2D eigenvalue weighted by Gasteiger charge is 2.39. The molecule has 41 heavy (non-hydrogen) atoms. The van der Waals surface area contributed by atoms with Gasteiger partial charge in [-0.15, -0.1) is 0 Å². The van der Waals surface area contributed by atoms with Crippen molar-refractivity contribution >= 4 is 33.9 Å². The molecule has 3 aromatic heterocycles. The van der Waals surface area contributed by atoms with Gasteiger partial charge in [0.15, 0.2) is 17.0 Å². The fraction of sp³-hybridized carbons (Fsp3) is 0.519. The van der Waals surface area contributed by atoms with Crippen molar-refractivity contribution in [3.8, 4) is 5.95 Å². The number of anilines is 1. The van der Waals surface area contributed by atoms with Crippen LogP contribution in [0.1, 0.15) is 43.1 Å². The first kappa shape index (κ1) is 27.4. The summed E-state index contributed by atoms with van der Waals surface area (Å²) in [6.07, 6.45) is -3.47. The second-order valence-electron chi connectivity index (χ2n) is 11.1. The molecule has 2 fully saturated rings. The highest BCUT2D eigenvalue weighted by atomic mass is 19.4. The van der Waals surface area contributed by atoms with Gasteiger partial charge >= 0.3 is 6.18 Å². The summed E-state index contributed by atoms with van der Waals surface area (Å²) in [5.74, 6) is -1.14. The summed E-state index contributed by atoms with van der Waals surface area (Å²) >= 11 is 0. The molecule has 5 heterocycles. The number of likely N-dealkylation sites (tertiary alicyclic amines) is 1. The Hall–Kier alpha value is -3.78. The van der Waals surface area contributed by atoms with Crippen LogP contribution in [0.2, 0.25) is 0 Å². The summed E-state index contributed by atoms with van der Waals surface area (Å²) < 4.78 is 50.5. The van der Waals surface area contributed by atoms with Gasteiger partial charge in [0.05, 0.1) is 29.8 Å². The molecule has 218 valence electrons. The zero-order chi connectivity index (χ0) is 29.1. The Morgan fingerprint density at radius 1 is 1.00 bits per heavy atom. The summed E-state index contributed by atoms with van der Waals surface area (Å²) in [7, 11) is 1.63. The van der Waals surface area contributed by atoms with Crippen molar-refractivity contribution in [2.24, 2.45) is 13.0 Å². The fourth-order valence-electron chi connectivity index (χ4n) is 5.67. The summed E-state index contributed by atoms with van der Waals surface area (Å²) in [5.41, 5.74) is 0.0915. The molecule has 0 spiro atoms. The molecule has 2 aliphatic rings. The molecule has 0 radical (unpaired) electrons. The van der Waals surface area contributed by atoms with Gasteiger partial charge in [-0.1, -0.05) is 12.1 Å². The van der Waals surface area contributed by atoms with E-state index >= 15 is 0 Å². The molecule has 0 atom stereocenters. The summed E-state index contributed by atoms with van der Waals surface area (Å²) in [5, 5.41) is 10.4. The van der Waals surface area contributed by atoms with Crippen molar-refractivity contribution in [3.63, 3.8) is 0 Å². The minimum absolute atomic E-state index is 0.0705. The van der Waals surface area contributed by atoms with E-state index in [9.17, 15) is 23.1 Å². The minimum Gasteiger partial charge on any atom is -0.390 e. The van der Waals surface area contributed by atoms with Gasteiger partial charge in [0.1, 0.15) is 0 Å². The van der Waals surface area contributed by atoms with Crippen LogP contribution in [0.4, 0.5) is 19.0 Å². The zero-order valence-corrected chi connectivity index (χ0v) is 23.0. The van der Waals surface area contributed by atoms with Gasteiger partial charge < -0.3 is 24.2 Å². The van der Waals surface area contributed by atoms with Crippen molar-refractivity contribution in [2.45, 2.75) is 38.5 Å². The lowest BCUT2D eigenvalue weighted by Crippen LogP contribution is -2.44. The molecule has 11 nitrogen and oxygen atoms in total. The van der Waals surface area contributed by atoms with E-state index in [0.29, 0.717) is 63.6 Å². The van der Waals surface area contributed by atoms with Crippen LogP contribution in [-0.4, -0.2) is 90.0 Å². The van der Waals surface area contributed by atoms with Gasteiger partial charge in [0, 0.05) is 33.2 Å². The molecule has 14 heteroatoms. The quantitative estimate of drug-likeness (QED) is 0.397. The van der Waals surface area contributed by atoms with Gasteiger partial charge in [-0.2, -0.15) is 23.1 Å². The number of fused-ring (bicyclic) bond motifs is 2. The van der Waals surface area contributed by atoms with Gasteiger partial charge in [-0.3, -0.25) is 9.36 Å². The molecule has 4 aromatic rings. The Morgan fingerprint density at radius 3 is 2.34 bits per heavy atom. The Kier molecular flexibility index (Phi) is 6.64. The molecule has 2 saturated heterocycles. The van der Waals surface area contributed by atoms with Crippen molar-refractivity contribution in [3.05, 3.63) is 35.9 Å². The fourth-order valence-corrected chi connectivity index (χ4v) is 5.67. The largest absolute Gasteiger partial charge is 0.450 e. The maximum Gasteiger partial charge on any atom is 0.450 e. The standard InChI is InChI=1S/C27H31F3N8O3/c1-26(2,40)16-8-10-37(11-9-16)23(39)22-32-19-20(35(22)3)33-25(34-21(19)36-12-14-41-15-13-36)38-18-7-5-4-6-17(18)31-24(38)27(28,29)30/h4-7,16,40H,8-15H2,1-3H3. The lowest BCUT2D eigenvalue weighted by molar-refractivity contribution is -0.145. The number of rotatable bonds is 4. The third kappa shape index (κ3) is 4.88. The number of aryl methyl sites for hydroxylation is 1. The number of aliphatic hydroxyl groups is 1. The van der Waals surface area contributed by atoms with Crippen molar-refractivity contribution in [2.75, 3.05) is 44.3 Å². The number of nitrogens with zero attached hydrogens (tertiary/aromatic N) is 8. The third-order valence-corrected chi connectivity index (χ3v) is 7.99. The Balaban J connectivity index is 1.49. The summed E-state index contributed by atoms with van der Waals surface area (Å²) in [6, 6.07) is 6.29. The monoisotopic (exact) mass is 572 g/mol. The Bertz CT molecular complexity index is 1610. The van der Waals surface area contributed by atoms with E-state index in [2.05, 4.69) is 19.9 Å². The van der Waals surface area contributed by atoms with Crippen LogP contribution in [0.15, 0.2) is 24.3 Å². The van der Waals surface area contributed by atoms with E-state index in [-0.39, 0.29) is 40.3 Å². The van der Waals surface area contributed by atoms with Crippen molar-refractivity contribution in [1.29, 1.82) is 0 Å². The normalized spacial score (nSPS) is 17.6. The van der Waals surface area contributed by atoms with E-state index < -0.39 is 17.6 Å². The number of carbonyl (C=O) groups is 1. The van der Waals surface area contributed by atoms with Gasteiger partial charge in [-0.25, -0.2) is 9.97 Å². The first-order chi connectivity index (χ1) is 19.4. The second kappa shape index (κ2) is 9.94. The maximum atomic E-state index is 14.2. The number of hydrogen-bond donors (Lipinski definition) is 1. The highest BCUT2D eigenvalue weighted by molar-refractivity contribution is 5.96. The highest BCUT2D eigenvalue weighted by Crippen LogP contribution is 2.35. The van der Waals surface area contributed by atoms with Crippen LogP contribution in [-0.2, 0) is 18.0 Å². The van der Waals surface area contributed by atoms with Crippen LogP contribution in [0.25, 0.3) is 28.1 Å². The topological polar surface area (TPSA) is 114 Å². The average molecular weight is 573 g/mol. The number of para-hydroxylation sites is 2. The van der Waals surface area contributed by atoms with E-state index in [1.165, 1.54) is 16.7 Å². The first-order valence-corrected chi connectivity index (χ1v) is 13.6. The number of carbonyl (C=O) groups excluding carboxylic acids is 1. The van der Waals surface area contributed by atoms with E-state index in [0.717, 1.165) is 4.57 Å². The SMILES string of the molecule is Cn1c(C(=O)N2CCC(C(C)(C)O)CC2)nc2c(N3CCOCC3)nc(-n3c(C(F)(F)F)nc4ccccc43)nc21. The number of amides is 1. The predicted molar refractivity (Wildman–Crippen MR) is 144 cm³/mol. The summed E-state index contributed by atoms with van der Waals surface area (Å²) in [4.78, 5) is 34.9.